The summed E-state index contributed by atoms with van der Waals surface area (Å²) in [5.74, 6) is -0.606. The summed E-state index contributed by atoms with van der Waals surface area (Å²) in [5.41, 5.74) is 2.85. The van der Waals surface area contributed by atoms with Crippen LogP contribution in [0.25, 0.3) is 0 Å². The van der Waals surface area contributed by atoms with E-state index in [4.69, 9.17) is 9.39 Å². The van der Waals surface area contributed by atoms with E-state index >= 15 is 0 Å². The third-order valence-electron chi connectivity index (χ3n) is 5.07. The van der Waals surface area contributed by atoms with Crippen molar-refractivity contribution in [3.8, 4) is 0 Å². The van der Waals surface area contributed by atoms with Crippen molar-refractivity contribution in [2.24, 2.45) is 0 Å². The summed E-state index contributed by atoms with van der Waals surface area (Å²) in [6.45, 7) is 1.05. The first kappa shape index (κ1) is 17.8. The van der Waals surface area contributed by atoms with Gasteiger partial charge in [-0.25, -0.2) is 4.79 Å². The lowest BCUT2D eigenvalue weighted by Crippen LogP contribution is -2.42. The second-order valence-corrected chi connectivity index (χ2v) is 6.83. The van der Waals surface area contributed by atoms with Crippen LogP contribution in [0.1, 0.15) is 34.3 Å². The smallest absolute Gasteiger partial charge is 0.459 e. The molecule has 0 unspecified atom stereocenters. The standard InChI is InChI=1S/C20H20BNO5/c23-19(15-8-9-16-13-27-21(25)17(16)11-15)22-10-4-7-18(22)20(24)26-12-14-5-2-1-3-6-14/h1-3,5-6,8-9,11,18,25H,4,7,10,12-13H2/t18-/m0/s1. The van der Waals surface area contributed by atoms with Crippen LogP contribution in [0, 0.1) is 0 Å². The average Bonchev–Trinajstić information content (AvgIpc) is 3.33. The van der Waals surface area contributed by atoms with Crippen LogP contribution in [0.5, 0.6) is 0 Å². The third kappa shape index (κ3) is 3.61. The molecule has 138 valence electrons. The highest BCUT2D eigenvalue weighted by Crippen LogP contribution is 2.22. The number of hydrogen-bond acceptors (Lipinski definition) is 5. The molecule has 0 saturated carbocycles. The molecular weight excluding hydrogens is 345 g/mol. The van der Waals surface area contributed by atoms with E-state index < -0.39 is 13.2 Å². The molecule has 2 aromatic carbocycles. The fraction of sp³-hybridized carbons (Fsp3) is 0.300. The molecule has 2 aromatic rings. The topological polar surface area (TPSA) is 76.1 Å². The molecule has 0 aliphatic carbocycles. The minimum absolute atomic E-state index is 0.195. The third-order valence-corrected chi connectivity index (χ3v) is 5.07. The molecule has 27 heavy (non-hydrogen) atoms. The SMILES string of the molecule is O=C(OCc1ccccc1)[C@@H]1CCCN1C(=O)c1ccc2c(c1)B(O)OC2. The van der Waals surface area contributed by atoms with Gasteiger partial charge in [0.25, 0.3) is 5.91 Å². The van der Waals surface area contributed by atoms with Crippen LogP contribution in [0.15, 0.2) is 48.5 Å². The van der Waals surface area contributed by atoms with Crippen molar-refractivity contribution in [1.29, 1.82) is 0 Å². The summed E-state index contributed by atoms with van der Waals surface area (Å²) in [6, 6.07) is 14.1. The van der Waals surface area contributed by atoms with Crippen molar-refractivity contribution in [2.45, 2.75) is 32.1 Å². The Morgan fingerprint density at radius 1 is 1.22 bits per heavy atom. The zero-order valence-corrected chi connectivity index (χ0v) is 14.8. The summed E-state index contributed by atoms with van der Waals surface area (Å²) in [6.07, 6.45) is 1.35. The second-order valence-electron chi connectivity index (χ2n) is 6.83. The van der Waals surface area contributed by atoms with Crippen LogP contribution in [0.2, 0.25) is 0 Å². The van der Waals surface area contributed by atoms with E-state index in [-0.39, 0.29) is 18.5 Å². The van der Waals surface area contributed by atoms with Crippen molar-refractivity contribution in [3.63, 3.8) is 0 Å². The van der Waals surface area contributed by atoms with Gasteiger partial charge >= 0.3 is 13.1 Å². The Morgan fingerprint density at radius 3 is 2.85 bits per heavy atom. The summed E-state index contributed by atoms with van der Waals surface area (Å²) >= 11 is 0. The minimum Gasteiger partial charge on any atom is -0.459 e. The molecule has 1 amide bonds. The quantitative estimate of drug-likeness (QED) is 0.652. The summed E-state index contributed by atoms with van der Waals surface area (Å²) in [5, 5.41) is 9.85. The van der Waals surface area contributed by atoms with Crippen molar-refractivity contribution >= 4 is 24.5 Å². The van der Waals surface area contributed by atoms with Gasteiger partial charge in [-0.1, -0.05) is 36.4 Å². The molecule has 4 rings (SSSR count). The predicted molar refractivity (Wildman–Crippen MR) is 99.1 cm³/mol. The van der Waals surface area contributed by atoms with E-state index in [9.17, 15) is 14.6 Å². The fourth-order valence-corrected chi connectivity index (χ4v) is 3.59. The van der Waals surface area contributed by atoms with Crippen LogP contribution in [-0.2, 0) is 27.4 Å². The molecule has 0 bridgehead atoms. The predicted octanol–water partition coefficient (Wildman–Crippen LogP) is 1.25. The van der Waals surface area contributed by atoms with Gasteiger partial charge in [-0.3, -0.25) is 4.79 Å². The van der Waals surface area contributed by atoms with Gasteiger partial charge in [-0.15, -0.1) is 0 Å². The highest BCUT2D eigenvalue weighted by molar-refractivity contribution is 6.61. The number of benzene rings is 2. The summed E-state index contributed by atoms with van der Waals surface area (Å²) < 4.78 is 10.6. The van der Waals surface area contributed by atoms with Crippen molar-refractivity contribution in [1.82, 2.24) is 4.90 Å². The number of hydrogen-bond donors (Lipinski definition) is 1. The van der Waals surface area contributed by atoms with Gasteiger partial charge in [0.1, 0.15) is 12.6 Å². The lowest BCUT2D eigenvalue weighted by molar-refractivity contribution is -0.149. The first-order valence-corrected chi connectivity index (χ1v) is 9.07. The van der Waals surface area contributed by atoms with E-state index in [1.54, 1.807) is 23.1 Å². The van der Waals surface area contributed by atoms with Gasteiger partial charge in [0.05, 0.1) is 6.61 Å². The van der Waals surface area contributed by atoms with Crippen LogP contribution in [0.4, 0.5) is 0 Å². The number of likely N-dealkylation sites (tertiary alicyclic amines) is 1. The van der Waals surface area contributed by atoms with Gasteiger partial charge in [-0.05, 0) is 41.6 Å². The van der Waals surface area contributed by atoms with E-state index in [0.717, 1.165) is 17.5 Å². The molecule has 1 atom stereocenters. The van der Waals surface area contributed by atoms with Crippen LogP contribution in [0.3, 0.4) is 0 Å². The van der Waals surface area contributed by atoms with Crippen LogP contribution >= 0.6 is 0 Å². The maximum absolute atomic E-state index is 12.9. The molecule has 2 heterocycles. The number of esters is 1. The average molecular weight is 365 g/mol. The summed E-state index contributed by atoms with van der Waals surface area (Å²) in [7, 11) is -1.00. The van der Waals surface area contributed by atoms with E-state index in [1.165, 1.54) is 0 Å². The Balaban J connectivity index is 1.45. The Morgan fingerprint density at radius 2 is 2.04 bits per heavy atom. The molecule has 0 aromatic heterocycles. The lowest BCUT2D eigenvalue weighted by Gasteiger charge is -2.23. The molecule has 0 spiro atoms. The van der Waals surface area contributed by atoms with Crippen molar-refractivity contribution in [3.05, 3.63) is 65.2 Å². The van der Waals surface area contributed by atoms with E-state index in [0.29, 0.717) is 30.6 Å². The van der Waals surface area contributed by atoms with Gasteiger partial charge in [0, 0.05) is 12.1 Å². The highest BCUT2D eigenvalue weighted by Gasteiger charge is 2.36. The number of rotatable bonds is 4. The Kier molecular flexibility index (Phi) is 4.96. The van der Waals surface area contributed by atoms with Gasteiger partial charge in [0.2, 0.25) is 0 Å². The van der Waals surface area contributed by atoms with Gasteiger partial charge < -0.3 is 19.3 Å². The molecule has 1 N–H and O–H groups in total. The number of ether oxygens (including phenoxy) is 1. The lowest BCUT2D eigenvalue weighted by atomic mass is 9.78. The normalized spacial score (nSPS) is 18.5. The first-order valence-electron chi connectivity index (χ1n) is 9.07. The van der Waals surface area contributed by atoms with Crippen LogP contribution < -0.4 is 5.46 Å². The number of amides is 1. The monoisotopic (exact) mass is 365 g/mol. The van der Waals surface area contributed by atoms with Crippen molar-refractivity contribution in [2.75, 3.05) is 6.54 Å². The Labute approximate surface area is 157 Å². The molecule has 7 heteroatoms. The van der Waals surface area contributed by atoms with Crippen LogP contribution in [-0.4, -0.2) is 41.5 Å². The molecule has 1 fully saturated rings. The Hall–Kier alpha value is -2.64. The van der Waals surface area contributed by atoms with Crippen molar-refractivity contribution < 1.29 is 24.0 Å². The van der Waals surface area contributed by atoms with E-state index in [1.807, 2.05) is 30.3 Å². The van der Waals surface area contributed by atoms with Gasteiger partial charge in [0.15, 0.2) is 0 Å². The molecular formula is C20H20BNO5. The zero-order chi connectivity index (χ0) is 18.8. The number of nitrogens with zero attached hydrogens (tertiary/aromatic N) is 1. The fourth-order valence-electron chi connectivity index (χ4n) is 3.59. The molecule has 6 nitrogen and oxygen atoms in total. The maximum Gasteiger partial charge on any atom is 0.491 e. The number of carbonyl (C=O) groups is 2. The zero-order valence-electron chi connectivity index (χ0n) is 14.8. The molecule has 2 aliphatic heterocycles. The number of carbonyl (C=O) groups excluding carboxylic acids is 2. The largest absolute Gasteiger partial charge is 0.491 e. The Bertz CT molecular complexity index is 857. The maximum atomic E-state index is 12.9. The molecule has 0 radical (unpaired) electrons. The minimum atomic E-state index is -1.00. The molecule has 2 aliphatic rings. The first-order chi connectivity index (χ1) is 13.1. The summed E-state index contributed by atoms with van der Waals surface area (Å²) in [4.78, 5) is 27.0. The number of fused-ring (bicyclic) bond motifs is 1. The molecule has 1 saturated heterocycles. The van der Waals surface area contributed by atoms with Gasteiger partial charge in [-0.2, -0.15) is 0 Å². The highest BCUT2D eigenvalue weighted by atomic mass is 16.5. The van der Waals surface area contributed by atoms with E-state index in [2.05, 4.69) is 0 Å². The second kappa shape index (κ2) is 7.54.